The van der Waals surface area contributed by atoms with Crippen LogP contribution in [0.1, 0.15) is 44.1 Å². The number of ether oxygens (including phenoxy) is 2. The molecule has 0 N–H and O–H groups in total. The molecule has 0 spiro atoms. The summed E-state index contributed by atoms with van der Waals surface area (Å²) in [6, 6.07) is 9.56. The van der Waals surface area contributed by atoms with Crippen molar-refractivity contribution in [2.24, 2.45) is 5.92 Å². The van der Waals surface area contributed by atoms with E-state index < -0.39 is 18.0 Å². The highest BCUT2D eigenvalue weighted by Crippen LogP contribution is 2.39. The molecule has 1 fully saturated rings. The van der Waals surface area contributed by atoms with Crippen LogP contribution in [0.5, 0.6) is 0 Å². The number of cyclic esters (lactones) is 1. The van der Waals surface area contributed by atoms with E-state index in [0.717, 1.165) is 37.7 Å². The van der Waals surface area contributed by atoms with Gasteiger partial charge < -0.3 is 9.47 Å². The first kappa shape index (κ1) is 17.8. The predicted molar refractivity (Wildman–Crippen MR) is 103 cm³/mol. The molecule has 0 saturated heterocycles. The van der Waals surface area contributed by atoms with Gasteiger partial charge in [0.1, 0.15) is 12.2 Å². The van der Waals surface area contributed by atoms with Crippen molar-refractivity contribution in [3.05, 3.63) is 65.8 Å². The van der Waals surface area contributed by atoms with E-state index in [1.807, 2.05) is 48.6 Å². The van der Waals surface area contributed by atoms with E-state index in [1.54, 1.807) is 0 Å². The molecule has 1 heterocycles. The van der Waals surface area contributed by atoms with Crippen LogP contribution >= 0.6 is 0 Å². The van der Waals surface area contributed by atoms with Crippen LogP contribution in [0.3, 0.4) is 0 Å². The highest BCUT2D eigenvalue weighted by Gasteiger charge is 2.43. The summed E-state index contributed by atoms with van der Waals surface area (Å²) in [6.07, 6.45) is 13.3. The molecule has 1 aromatic carbocycles. The number of benzene rings is 1. The summed E-state index contributed by atoms with van der Waals surface area (Å²) >= 11 is 0. The number of hydrogen-bond donors (Lipinski definition) is 0. The Hall–Kier alpha value is -2.62. The molecule has 1 aromatic rings. The number of hydrogen-bond acceptors (Lipinski definition) is 4. The van der Waals surface area contributed by atoms with Crippen molar-refractivity contribution in [3.63, 3.8) is 0 Å². The maximum absolute atomic E-state index is 12.9. The summed E-state index contributed by atoms with van der Waals surface area (Å²) in [5.74, 6) is -1.08. The van der Waals surface area contributed by atoms with Gasteiger partial charge in [0.2, 0.25) is 0 Å². The SMILES string of the molecule is O=C(OC1CCCCC1)C1=C(c2ccccc2)C(C2C=CC=CC2)OC1=O. The Morgan fingerprint density at radius 2 is 1.81 bits per heavy atom. The number of esters is 2. The third kappa shape index (κ3) is 3.75. The van der Waals surface area contributed by atoms with Gasteiger partial charge in [0.25, 0.3) is 0 Å². The van der Waals surface area contributed by atoms with Crippen LogP contribution in [-0.4, -0.2) is 24.1 Å². The lowest BCUT2D eigenvalue weighted by molar-refractivity contribution is -0.150. The average Bonchev–Trinajstić information content (AvgIpc) is 3.07. The summed E-state index contributed by atoms with van der Waals surface area (Å²) in [5.41, 5.74) is 1.57. The quantitative estimate of drug-likeness (QED) is 0.588. The van der Waals surface area contributed by atoms with Gasteiger partial charge in [-0.25, -0.2) is 9.59 Å². The lowest BCUT2D eigenvalue weighted by Crippen LogP contribution is -2.24. The number of rotatable bonds is 4. The van der Waals surface area contributed by atoms with Gasteiger partial charge in [-0.3, -0.25) is 0 Å². The number of carbonyl (C=O) groups excluding carboxylic acids is 2. The van der Waals surface area contributed by atoms with E-state index in [-0.39, 0.29) is 17.6 Å². The topological polar surface area (TPSA) is 52.6 Å². The van der Waals surface area contributed by atoms with Crippen LogP contribution in [0.25, 0.3) is 5.57 Å². The lowest BCUT2D eigenvalue weighted by atomic mass is 9.86. The summed E-state index contributed by atoms with van der Waals surface area (Å²) in [4.78, 5) is 25.6. The van der Waals surface area contributed by atoms with Crippen molar-refractivity contribution < 1.29 is 19.1 Å². The first-order valence-corrected chi connectivity index (χ1v) is 9.79. The Morgan fingerprint density at radius 3 is 2.52 bits per heavy atom. The van der Waals surface area contributed by atoms with Gasteiger partial charge in [-0.15, -0.1) is 0 Å². The van der Waals surface area contributed by atoms with Crippen LogP contribution in [-0.2, 0) is 19.1 Å². The zero-order valence-corrected chi connectivity index (χ0v) is 15.3. The third-order valence-electron chi connectivity index (χ3n) is 5.51. The summed E-state index contributed by atoms with van der Waals surface area (Å²) in [6.45, 7) is 0. The van der Waals surface area contributed by atoms with Gasteiger partial charge in [-0.2, -0.15) is 0 Å². The van der Waals surface area contributed by atoms with Crippen LogP contribution in [0.15, 0.2) is 60.2 Å². The minimum atomic E-state index is -0.567. The van der Waals surface area contributed by atoms with Gasteiger partial charge in [-0.05, 0) is 37.7 Å². The zero-order chi connectivity index (χ0) is 18.6. The Labute approximate surface area is 159 Å². The Morgan fingerprint density at radius 1 is 1.04 bits per heavy atom. The summed E-state index contributed by atoms with van der Waals surface area (Å²) in [7, 11) is 0. The fraction of sp³-hybridized carbons (Fsp3) is 0.391. The minimum Gasteiger partial charge on any atom is -0.459 e. The van der Waals surface area contributed by atoms with Crippen LogP contribution in [0, 0.1) is 5.92 Å². The molecule has 0 bridgehead atoms. The largest absolute Gasteiger partial charge is 0.459 e. The van der Waals surface area contributed by atoms with Crippen LogP contribution < -0.4 is 0 Å². The molecule has 2 atom stereocenters. The molecule has 27 heavy (non-hydrogen) atoms. The second-order valence-corrected chi connectivity index (χ2v) is 7.36. The minimum absolute atomic E-state index is 0.0223. The molecule has 4 nitrogen and oxygen atoms in total. The van der Waals surface area contributed by atoms with Gasteiger partial charge in [-0.1, -0.05) is 61.1 Å². The molecule has 1 aliphatic heterocycles. The van der Waals surface area contributed by atoms with Crippen LogP contribution in [0.2, 0.25) is 0 Å². The Balaban J connectivity index is 1.68. The average molecular weight is 364 g/mol. The van der Waals surface area contributed by atoms with E-state index in [2.05, 4.69) is 6.08 Å². The molecule has 3 aliphatic rings. The summed E-state index contributed by atoms with van der Waals surface area (Å²) in [5, 5.41) is 0. The second kappa shape index (κ2) is 7.95. The first-order chi connectivity index (χ1) is 13.2. The smallest absolute Gasteiger partial charge is 0.346 e. The molecule has 0 aromatic heterocycles. The van der Waals surface area contributed by atoms with E-state index in [1.165, 1.54) is 6.42 Å². The molecule has 1 saturated carbocycles. The maximum atomic E-state index is 12.9. The first-order valence-electron chi connectivity index (χ1n) is 9.79. The Bertz CT molecular complexity index is 797. The highest BCUT2D eigenvalue weighted by atomic mass is 16.6. The lowest BCUT2D eigenvalue weighted by Gasteiger charge is -2.23. The molecule has 4 rings (SSSR count). The third-order valence-corrected chi connectivity index (χ3v) is 5.51. The fourth-order valence-corrected chi connectivity index (χ4v) is 4.12. The standard InChI is InChI=1S/C23H24O4/c24-22(26-18-14-8-3-9-15-18)20-19(16-10-4-1-5-11-16)21(27-23(20)25)17-12-6-2-7-13-17/h1-2,4-7,10-12,17-18,21H,3,8-9,13-15H2. The fourth-order valence-electron chi connectivity index (χ4n) is 4.12. The maximum Gasteiger partial charge on any atom is 0.346 e. The van der Waals surface area contributed by atoms with Gasteiger partial charge in [0.05, 0.1) is 0 Å². The van der Waals surface area contributed by atoms with E-state index in [0.29, 0.717) is 5.57 Å². The zero-order valence-electron chi connectivity index (χ0n) is 15.3. The van der Waals surface area contributed by atoms with Crippen molar-refractivity contribution in [2.45, 2.75) is 50.7 Å². The van der Waals surface area contributed by atoms with E-state index in [9.17, 15) is 9.59 Å². The van der Waals surface area contributed by atoms with E-state index >= 15 is 0 Å². The van der Waals surface area contributed by atoms with Crippen molar-refractivity contribution in [1.29, 1.82) is 0 Å². The predicted octanol–water partition coefficient (Wildman–Crippen LogP) is 4.37. The molecule has 2 aliphatic carbocycles. The van der Waals surface area contributed by atoms with Crippen molar-refractivity contribution in [3.8, 4) is 0 Å². The number of carbonyl (C=O) groups is 2. The van der Waals surface area contributed by atoms with Gasteiger partial charge in [0, 0.05) is 11.5 Å². The normalized spacial score (nSPS) is 25.6. The van der Waals surface area contributed by atoms with Gasteiger partial charge in [0.15, 0.2) is 5.57 Å². The van der Waals surface area contributed by atoms with Gasteiger partial charge >= 0.3 is 11.9 Å². The molecule has 2 unspecified atom stereocenters. The Kier molecular flexibility index (Phi) is 5.23. The molecule has 140 valence electrons. The second-order valence-electron chi connectivity index (χ2n) is 7.36. The molecular weight excluding hydrogens is 340 g/mol. The molecular formula is C23H24O4. The molecule has 0 amide bonds. The highest BCUT2D eigenvalue weighted by molar-refractivity contribution is 6.22. The molecule has 0 radical (unpaired) electrons. The monoisotopic (exact) mass is 364 g/mol. The number of allylic oxidation sites excluding steroid dienone is 3. The van der Waals surface area contributed by atoms with Crippen LogP contribution in [0.4, 0.5) is 0 Å². The van der Waals surface area contributed by atoms with Crippen molar-refractivity contribution in [2.75, 3.05) is 0 Å². The van der Waals surface area contributed by atoms with Crippen molar-refractivity contribution >= 4 is 17.5 Å². The molecule has 4 heteroatoms. The summed E-state index contributed by atoms with van der Waals surface area (Å²) < 4.78 is 11.4. The van der Waals surface area contributed by atoms with Crippen molar-refractivity contribution in [1.82, 2.24) is 0 Å². The van der Waals surface area contributed by atoms with E-state index in [4.69, 9.17) is 9.47 Å².